The molecule has 14 heavy (non-hydrogen) atoms. The summed E-state index contributed by atoms with van der Waals surface area (Å²) in [4.78, 5) is 11.6. The number of carbonyl (C=O) groups is 1. The van der Waals surface area contributed by atoms with Crippen molar-refractivity contribution in [1.29, 1.82) is 0 Å². The first-order valence-electron chi connectivity index (χ1n) is 5.54. The molecule has 1 aliphatic carbocycles. The second-order valence-corrected chi connectivity index (χ2v) is 4.93. The predicted octanol–water partition coefficient (Wildman–Crippen LogP) is 1.28. The third kappa shape index (κ3) is 3.66. The van der Waals surface area contributed by atoms with Gasteiger partial charge in [-0.2, -0.15) is 0 Å². The SMILES string of the molecule is CC(C)(CN)C(=O)NCCCC1CC1. The Morgan fingerprint density at radius 1 is 1.50 bits per heavy atom. The number of hydrogen-bond acceptors (Lipinski definition) is 2. The van der Waals surface area contributed by atoms with Crippen molar-refractivity contribution in [2.75, 3.05) is 13.1 Å². The molecule has 0 aromatic heterocycles. The second-order valence-electron chi connectivity index (χ2n) is 4.93. The van der Waals surface area contributed by atoms with Crippen LogP contribution in [0.3, 0.4) is 0 Å². The highest BCUT2D eigenvalue weighted by Gasteiger charge is 2.25. The average molecular weight is 198 g/mol. The molecule has 3 heteroatoms. The fraction of sp³-hybridized carbons (Fsp3) is 0.909. The summed E-state index contributed by atoms with van der Waals surface area (Å²) in [7, 11) is 0. The van der Waals surface area contributed by atoms with Gasteiger partial charge < -0.3 is 11.1 Å². The van der Waals surface area contributed by atoms with Crippen molar-refractivity contribution in [2.45, 2.75) is 39.5 Å². The number of carbonyl (C=O) groups excluding carboxylic acids is 1. The van der Waals surface area contributed by atoms with Gasteiger partial charge in [-0.05, 0) is 32.6 Å². The molecule has 3 nitrogen and oxygen atoms in total. The van der Waals surface area contributed by atoms with Crippen LogP contribution in [0.15, 0.2) is 0 Å². The molecule has 0 spiro atoms. The fourth-order valence-corrected chi connectivity index (χ4v) is 1.33. The third-order valence-corrected chi connectivity index (χ3v) is 2.90. The maximum absolute atomic E-state index is 11.6. The van der Waals surface area contributed by atoms with E-state index in [0.717, 1.165) is 18.9 Å². The number of hydrogen-bond donors (Lipinski definition) is 2. The van der Waals surface area contributed by atoms with Crippen molar-refractivity contribution in [1.82, 2.24) is 5.32 Å². The zero-order chi connectivity index (χ0) is 10.6. The van der Waals surface area contributed by atoms with Crippen LogP contribution in [0.2, 0.25) is 0 Å². The summed E-state index contributed by atoms with van der Waals surface area (Å²) >= 11 is 0. The maximum atomic E-state index is 11.6. The van der Waals surface area contributed by atoms with E-state index in [4.69, 9.17) is 5.73 Å². The van der Waals surface area contributed by atoms with Gasteiger partial charge in [0.25, 0.3) is 0 Å². The molecular formula is C11H22N2O. The average Bonchev–Trinajstić information content (AvgIpc) is 2.95. The third-order valence-electron chi connectivity index (χ3n) is 2.90. The first-order chi connectivity index (χ1) is 6.56. The van der Waals surface area contributed by atoms with Crippen LogP contribution in [-0.2, 0) is 4.79 Å². The zero-order valence-corrected chi connectivity index (χ0v) is 9.31. The van der Waals surface area contributed by atoms with Gasteiger partial charge in [-0.3, -0.25) is 4.79 Å². The van der Waals surface area contributed by atoms with Crippen LogP contribution in [0.5, 0.6) is 0 Å². The highest BCUT2D eigenvalue weighted by atomic mass is 16.2. The van der Waals surface area contributed by atoms with E-state index in [1.54, 1.807) is 0 Å². The Balaban J connectivity index is 2.07. The lowest BCUT2D eigenvalue weighted by Gasteiger charge is -2.21. The Labute approximate surface area is 86.4 Å². The molecule has 0 heterocycles. The quantitative estimate of drug-likeness (QED) is 0.632. The molecule has 0 aliphatic heterocycles. The number of nitrogens with two attached hydrogens (primary N) is 1. The lowest BCUT2D eigenvalue weighted by Crippen LogP contribution is -2.42. The molecule has 0 bridgehead atoms. The van der Waals surface area contributed by atoms with Gasteiger partial charge in [0.1, 0.15) is 0 Å². The molecule has 3 N–H and O–H groups in total. The topological polar surface area (TPSA) is 55.1 Å². The largest absolute Gasteiger partial charge is 0.356 e. The Kier molecular flexibility index (Phi) is 3.93. The van der Waals surface area contributed by atoms with Gasteiger partial charge in [-0.1, -0.05) is 12.8 Å². The van der Waals surface area contributed by atoms with Gasteiger partial charge in [-0.25, -0.2) is 0 Å². The molecule has 1 saturated carbocycles. The summed E-state index contributed by atoms with van der Waals surface area (Å²) in [5.74, 6) is 1.03. The Hall–Kier alpha value is -0.570. The summed E-state index contributed by atoms with van der Waals surface area (Å²) in [6.45, 7) is 4.96. The number of amides is 1. The number of nitrogens with one attached hydrogen (secondary N) is 1. The van der Waals surface area contributed by atoms with Crippen LogP contribution in [0.1, 0.15) is 39.5 Å². The van der Waals surface area contributed by atoms with Crippen molar-refractivity contribution in [3.63, 3.8) is 0 Å². The van der Waals surface area contributed by atoms with Gasteiger partial charge in [0, 0.05) is 13.1 Å². The molecule has 1 amide bonds. The van der Waals surface area contributed by atoms with E-state index in [1.165, 1.54) is 19.3 Å². The molecule has 0 atom stereocenters. The molecule has 0 saturated heterocycles. The van der Waals surface area contributed by atoms with E-state index in [1.807, 2.05) is 13.8 Å². The minimum Gasteiger partial charge on any atom is -0.356 e. The highest BCUT2D eigenvalue weighted by molar-refractivity contribution is 5.81. The zero-order valence-electron chi connectivity index (χ0n) is 9.31. The highest BCUT2D eigenvalue weighted by Crippen LogP contribution is 2.33. The van der Waals surface area contributed by atoms with E-state index in [-0.39, 0.29) is 5.91 Å². The van der Waals surface area contributed by atoms with Crippen molar-refractivity contribution in [3.05, 3.63) is 0 Å². The van der Waals surface area contributed by atoms with Crippen molar-refractivity contribution in [3.8, 4) is 0 Å². The van der Waals surface area contributed by atoms with Crippen LogP contribution in [0.25, 0.3) is 0 Å². The lowest BCUT2D eigenvalue weighted by molar-refractivity contribution is -0.128. The van der Waals surface area contributed by atoms with E-state index in [9.17, 15) is 4.79 Å². The fourth-order valence-electron chi connectivity index (χ4n) is 1.33. The summed E-state index contributed by atoms with van der Waals surface area (Å²) in [5.41, 5.74) is 5.09. The van der Waals surface area contributed by atoms with Crippen molar-refractivity contribution < 1.29 is 4.79 Å². The first kappa shape index (κ1) is 11.5. The van der Waals surface area contributed by atoms with E-state index in [2.05, 4.69) is 5.32 Å². The van der Waals surface area contributed by atoms with Gasteiger partial charge in [0.2, 0.25) is 5.91 Å². The van der Waals surface area contributed by atoms with Gasteiger partial charge in [0.15, 0.2) is 0 Å². The molecule has 0 radical (unpaired) electrons. The lowest BCUT2D eigenvalue weighted by atomic mass is 9.93. The molecular weight excluding hydrogens is 176 g/mol. The van der Waals surface area contributed by atoms with Crippen LogP contribution >= 0.6 is 0 Å². The van der Waals surface area contributed by atoms with Gasteiger partial charge in [0.05, 0.1) is 5.41 Å². The van der Waals surface area contributed by atoms with E-state index < -0.39 is 5.41 Å². The molecule has 0 aromatic rings. The normalized spacial score (nSPS) is 16.8. The summed E-state index contributed by atoms with van der Waals surface area (Å²) in [5, 5.41) is 2.94. The smallest absolute Gasteiger partial charge is 0.226 e. The molecule has 1 fully saturated rings. The number of rotatable bonds is 6. The van der Waals surface area contributed by atoms with Crippen molar-refractivity contribution in [2.24, 2.45) is 17.1 Å². The molecule has 82 valence electrons. The van der Waals surface area contributed by atoms with E-state index >= 15 is 0 Å². The van der Waals surface area contributed by atoms with Crippen LogP contribution < -0.4 is 11.1 Å². The van der Waals surface area contributed by atoms with Crippen LogP contribution in [-0.4, -0.2) is 19.0 Å². The first-order valence-corrected chi connectivity index (χ1v) is 5.54. The summed E-state index contributed by atoms with van der Waals surface area (Å²) in [6.07, 6.45) is 5.16. The van der Waals surface area contributed by atoms with E-state index in [0.29, 0.717) is 6.54 Å². The summed E-state index contributed by atoms with van der Waals surface area (Å²) in [6, 6.07) is 0. The Morgan fingerprint density at radius 3 is 2.64 bits per heavy atom. The van der Waals surface area contributed by atoms with Crippen LogP contribution in [0, 0.1) is 11.3 Å². The maximum Gasteiger partial charge on any atom is 0.226 e. The standard InChI is InChI=1S/C11H22N2O/c1-11(2,8-12)10(14)13-7-3-4-9-5-6-9/h9H,3-8,12H2,1-2H3,(H,13,14). The summed E-state index contributed by atoms with van der Waals surface area (Å²) < 4.78 is 0. The predicted molar refractivity (Wildman–Crippen MR) is 57.8 cm³/mol. The molecule has 0 unspecified atom stereocenters. The monoisotopic (exact) mass is 198 g/mol. The minimum absolute atomic E-state index is 0.0794. The van der Waals surface area contributed by atoms with Crippen LogP contribution in [0.4, 0.5) is 0 Å². The minimum atomic E-state index is -0.417. The van der Waals surface area contributed by atoms with Gasteiger partial charge in [-0.15, -0.1) is 0 Å². The van der Waals surface area contributed by atoms with Crippen molar-refractivity contribution >= 4 is 5.91 Å². The van der Waals surface area contributed by atoms with Gasteiger partial charge >= 0.3 is 0 Å². The molecule has 1 rings (SSSR count). The molecule has 0 aromatic carbocycles. The Morgan fingerprint density at radius 2 is 2.14 bits per heavy atom. The Bertz CT molecular complexity index is 197. The second kappa shape index (κ2) is 4.78. The molecule has 1 aliphatic rings.